The van der Waals surface area contributed by atoms with Gasteiger partial charge in [-0.2, -0.15) is 5.10 Å². The van der Waals surface area contributed by atoms with Gasteiger partial charge in [-0.15, -0.1) is 0 Å². The molecule has 21 heavy (non-hydrogen) atoms. The van der Waals surface area contributed by atoms with E-state index >= 15 is 0 Å². The summed E-state index contributed by atoms with van der Waals surface area (Å²) in [6.07, 6.45) is 0. The maximum atomic E-state index is 13.9. The zero-order valence-electron chi connectivity index (χ0n) is 11.0. The van der Waals surface area contributed by atoms with Crippen LogP contribution in [0.3, 0.4) is 0 Å². The highest BCUT2D eigenvalue weighted by atomic mass is 79.9. The Balaban J connectivity index is 2.55. The molecule has 2 rings (SSSR count). The van der Waals surface area contributed by atoms with Crippen molar-refractivity contribution < 1.29 is 17.2 Å². The second-order valence-corrected chi connectivity index (χ2v) is 7.77. The van der Waals surface area contributed by atoms with Crippen molar-refractivity contribution in [2.75, 3.05) is 0 Å². The van der Waals surface area contributed by atoms with Crippen molar-refractivity contribution in [3.05, 3.63) is 45.2 Å². The van der Waals surface area contributed by atoms with Gasteiger partial charge in [0.25, 0.3) is 9.05 Å². The van der Waals surface area contributed by atoms with Crippen LogP contribution in [0.15, 0.2) is 21.5 Å². The minimum atomic E-state index is -3.97. The molecule has 1 aromatic carbocycles. The molecule has 0 radical (unpaired) electrons. The van der Waals surface area contributed by atoms with Crippen molar-refractivity contribution >= 4 is 35.7 Å². The fraction of sp³-hybridized carbons (Fsp3) is 0.250. The average Bonchev–Trinajstić information content (AvgIpc) is 2.64. The third kappa shape index (κ3) is 3.12. The van der Waals surface area contributed by atoms with E-state index < -0.39 is 20.7 Å². The lowest BCUT2D eigenvalue weighted by Gasteiger charge is -2.08. The van der Waals surface area contributed by atoms with Gasteiger partial charge < -0.3 is 0 Å². The average molecular weight is 400 g/mol. The molecule has 0 spiro atoms. The zero-order chi connectivity index (χ0) is 15.9. The molecule has 114 valence electrons. The van der Waals surface area contributed by atoms with E-state index in [0.29, 0.717) is 0 Å². The second-order valence-electron chi connectivity index (χ2n) is 4.42. The van der Waals surface area contributed by atoms with Crippen molar-refractivity contribution in [3.63, 3.8) is 0 Å². The molecular formula is C12H10BrClF2N2O2S. The monoisotopic (exact) mass is 398 g/mol. The van der Waals surface area contributed by atoms with E-state index in [9.17, 15) is 17.2 Å². The zero-order valence-corrected chi connectivity index (χ0v) is 14.2. The topological polar surface area (TPSA) is 52.0 Å². The van der Waals surface area contributed by atoms with E-state index in [1.54, 1.807) is 0 Å². The van der Waals surface area contributed by atoms with E-state index in [1.807, 2.05) is 0 Å². The van der Waals surface area contributed by atoms with Crippen molar-refractivity contribution in [1.29, 1.82) is 0 Å². The lowest BCUT2D eigenvalue weighted by atomic mass is 10.2. The van der Waals surface area contributed by atoms with E-state index in [1.165, 1.54) is 24.6 Å². The van der Waals surface area contributed by atoms with Gasteiger partial charge in [0.2, 0.25) is 0 Å². The summed E-state index contributed by atoms with van der Waals surface area (Å²) in [6.45, 7) is 2.70. The van der Waals surface area contributed by atoms with Gasteiger partial charge in [-0.25, -0.2) is 17.2 Å². The first-order chi connectivity index (χ1) is 9.62. The van der Waals surface area contributed by atoms with Crippen LogP contribution < -0.4 is 0 Å². The molecular weight excluding hydrogens is 390 g/mol. The molecule has 0 fully saturated rings. The maximum absolute atomic E-state index is 13.9. The molecule has 4 nitrogen and oxygen atoms in total. The molecule has 0 unspecified atom stereocenters. The number of nitrogens with zero attached hydrogens (tertiary/aromatic N) is 2. The number of benzene rings is 1. The Morgan fingerprint density at radius 1 is 1.33 bits per heavy atom. The Bertz CT molecular complexity index is 821. The molecule has 0 N–H and O–H groups in total. The largest absolute Gasteiger partial charge is 0.264 e. The number of aromatic nitrogens is 2. The molecule has 0 bridgehead atoms. The van der Waals surface area contributed by atoms with E-state index in [0.717, 1.165) is 6.07 Å². The molecule has 0 saturated heterocycles. The molecule has 0 saturated carbocycles. The normalized spacial score (nSPS) is 11.9. The Morgan fingerprint density at radius 2 is 1.95 bits per heavy atom. The second kappa shape index (κ2) is 5.66. The van der Waals surface area contributed by atoms with Gasteiger partial charge in [0.1, 0.15) is 16.5 Å². The highest BCUT2D eigenvalue weighted by Crippen LogP contribution is 2.26. The predicted molar refractivity (Wildman–Crippen MR) is 77.9 cm³/mol. The van der Waals surface area contributed by atoms with Crippen molar-refractivity contribution in [2.45, 2.75) is 25.3 Å². The molecule has 1 heterocycles. The van der Waals surface area contributed by atoms with Crippen LogP contribution in [0.1, 0.15) is 17.0 Å². The number of halogens is 4. The number of rotatable bonds is 3. The van der Waals surface area contributed by atoms with E-state index in [4.69, 9.17) is 10.7 Å². The Kier molecular flexibility index (Phi) is 4.41. The summed E-state index contributed by atoms with van der Waals surface area (Å²) in [7, 11) is 1.36. The lowest BCUT2D eigenvalue weighted by molar-refractivity contribution is 0.525. The summed E-state index contributed by atoms with van der Waals surface area (Å²) < 4.78 is 52.0. The SMILES string of the molecule is Cc1nn(Cc2c(F)ccc(Br)c2F)c(C)c1S(=O)(=O)Cl. The van der Waals surface area contributed by atoms with E-state index in [2.05, 4.69) is 21.0 Å². The number of hydrogen-bond donors (Lipinski definition) is 0. The molecule has 0 atom stereocenters. The van der Waals surface area contributed by atoms with Gasteiger partial charge in [-0.05, 0) is 41.9 Å². The lowest BCUT2D eigenvalue weighted by Crippen LogP contribution is -2.09. The minimum Gasteiger partial charge on any atom is -0.264 e. The summed E-state index contributed by atoms with van der Waals surface area (Å²) in [4.78, 5) is -0.139. The summed E-state index contributed by atoms with van der Waals surface area (Å²) in [5.74, 6) is -1.49. The minimum absolute atomic E-state index is 0.116. The van der Waals surface area contributed by atoms with Crippen molar-refractivity contribution in [1.82, 2.24) is 9.78 Å². The fourth-order valence-corrected chi connectivity index (χ4v) is 3.94. The smallest absolute Gasteiger partial charge is 0.264 e. The Morgan fingerprint density at radius 3 is 2.48 bits per heavy atom. The van der Waals surface area contributed by atoms with Crippen LogP contribution in [0.4, 0.5) is 8.78 Å². The van der Waals surface area contributed by atoms with Gasteiger partial charge in [-0.3, -0.25) is 4.68 Å². The quantitative estimate of drug-likeness (QED) is 0.586. The highest BCUT2D eigenvalue weighted by molar-refractivity contribution is 9.10. The van der Waals surface area contributed by atoms with Gasteiger partial charge >= 0.3 is 0 Å². The summed E-state index contributed by atoms with van der Waals surface area (Å²) in [5, 5.41) is 3.99. The van der Waals surface area contributed by atoms with Crippen LogP contribution in [0.2, 0.25) is 0 Å². The van der Waals surface area contributed by atoms with Crippen LogP contribution >= 0.6 is 26.6 Å². The first-order valence-corrected chi connectivity index (χ1v) is 8.84. The van der Waals surface area contributed by atoms with Crippen LogP contribution in [0.5, 0.6) is 0 Å². The molecule has 0 aliphatic carbocycles. The van der Waals surface area contributed by atoms with Gasteiger partial charge in [0, 0.05) is 16.2 Å². The molecule has 1 aromatic heterocycles. The third-order valence-electron chi connectivity index (χ3n) is 3.01. The van der Waals surface area contributed by atoms with Crippen LogP contribution in [-0.2, 0) is 15.6 Å². The third-order valence-corrected chi connectivity index (χ3v) is 5.16. The first kappa shape index (κ1) is 16.4. The molecule has 0 aliphatic heterocycles. The fourth-order valence-electron chi connectivity index (χ4n) is 2.05. The van der Waals surface area contributed by atoms with Crippen molar-refractivity contribution in [3.8, 4) is 0 Å². The Hall–Kier alpha value is -0.990. The van der Waals surface area contributed by atoms with Crippen molar-refractivity contribution in [2.24, 2.45) is 0 Å². The Labute approximate surface area is 133 Å². The molecule has 2 aromatic rings. The maximum Gasteiger partial charge on any atom is 0.264 e. The highest BCUT2D eigenvalue weighted by Gasteiger charge is 2.23. The molecule has 9 heteroatoms. The summed E-state index contributed by atoms with van der Waals surface area (Å²) >= 11 is 2.98. The van der Waals surface area contributed by atoms with Gasteiger partial charge in [0.05, 0.1) is 22.4 Å². The predicted octanol–water partition coefficient (Wildman–Crippen LogP) is 3.52. The van der Waals surface area contributed by atoms with E-state index in [-0.39, 0.29) is 32.9 Å². The molecule has 0 aliphatic rings. The van der Waals surface area contributed by atoms with Gasteiger partial charge in [-0.1, -0.05) is 0 Å². The van der Waals surface area contributed by atoms with Crippen LogP contribution in [0.25, 0.3) is 0 Å². The number of hydrogen-bond acceptors (Lipinski definition) is 3. The van der Waals surface area contributed by atoms with Crippen LogP contribution in [-0.4, -0.2) is 18.2 Å². The van der Waals surface area contributed by atoms with Gasteiger partial charge in [0.15, 0.2) is 0 Å². The molecule has 0 amide bonds. The van der Waals surface area contributed by atoms with Crippen LogP contribution in [0, 0.1) is 25.5 Å². The number of aryl methyl sites for hydroxylation is 1. The first-order valence-electron chi connectivity index (χ1n) is 5.74. The standard InChI is InChI=1S/C12H10BrClF2N2O2S/c1-6-12(21(14,19)20)7(2)18(17-6)5-8-10(15)4-3-9(13)11(8)16/h3-4H,5H2,1-2H3. The summed E-state index contributed by atoms with van der Waals surface area (Å²) in [5.41, 5.74) is 0.188. The summed E-state index contributed by atoms with van der Waals surface area (Å²) in [6, 6.07) is 2.37.